The summed E-state index contributed by atoms with van der Waals surface area (Å²) in [6.07, 6.45) is 0. The molecule has 5 nitrogen and oxygen atoms in total. The predicted octanol–water partition coefficient (Wildman–Crippen LogP) is 3.65. The molecule has 0 aliphatic carbocycles. The Labute approximate surface area is 147 Å². The lowest BCUT2D eigenvalue weighted by molar-refractivity contribution is 0.0774. The summed E-state index contributed by atoms with van der Waals surface area (Å²) in [5, 5.41) is 0. The first kappa shape index (κ1) is 17.1. The number of imidazole rings is 1. The van der Waals surface area contributed by atoms with Crippen molar-refractivity contribution in [2.24, 2.45) is 0 Å². The number of amides is 1. The van der Waals surface area contributed by atoms with Gasteiger partial charge in [-0.05, 0) is 36.5 Å². The number of fused-ring (bicyclic) bond motifs is 1. The lowest BCUT2D eigenvalue weighted by Crippen LogP contribution is -2.31. The van der Waals surface area contributed by atoms with Crippen molar-refractivity contribution < 1.29 is 18.3 Å². The molecule has 1 amide bonds. The molecular formula is C17H15F2N3O2S. The third kappa shape index (κ3) is 3.69. The molecule has 8 heteroatoms. The number of ether oxygens (including phenoxy) is 1. The molecule has 0 atom stereocenters. The van der Waals surface area contributed by atoms with Crippen molar-refractivity contribution in [2.75, 3.05) is 20.2 Å². The predicted molar refractivity (Wildman–Crippen MR) is 92.3 cm³/mol. The number of aromatic nitrogens is 2. The molecule has 0 spiro atoms. The zero-order chi connectivity index (χ0) is 18.0. The van der Waals surface area contributed by atoms with Crippen molar-refractivity contribution in [1.82, 2.24) is 14.9 Å². The summed E-state index contributed by atoms with van der Waals surface area (Å²) in [7, 11) is 1.56. The smallest absolute Gasteiger partial charge is 0.256 e. The van der Waals surface area contributed by atoms with Gasteiger partial charge in [0, 0.05) is 7.05 Å². The topological polar surface area (TPSA) is 61.1 Å². The number of rotatable bonds is 5. The molecule has 0 aliphatic heterocycles. The van der Waals surface area contributed by atoms with Crippen LogP contribution in [-0.4, -0.2) is 41.0 Å². The lowest BCUT2D eigenvalue weighted by Gasteiger charge is -2.18. The van der Waals surface area contributed by atoms with Gasteiger partial charge in [0.05, 0.1) is 23.1 Å². The Morgan fingerprint density at radius 2 is 2.00 bits per heavy atom. The van der Waals surface area contributed by atoms with Gasteiger partial charge >= 0.3 is 0 Å². The van der Waals surface area contributed by atoms with Crippen molar-refractivity contribution in [3.05, 3.63) is 58.4 Å². The van der Waals surface area contributed by atoms with E-state index in [1.54, 1.807) is 19.2 Å². The van der Waals surface area contributed by atoms with Crippen LogP contribution in [0.2, 0.25) is 0 Å². The number of hydrogen-bond acceptors (Lipinski definition) is 3. The number of benzene rings is 2. The third-order valence-electron chi connectivity index (χ3n) is 3.69. The Bertz CT molecular complexity index is 983. The Kier molecular flexibility index (Phi) is 4.80. The summed E-state index contributed by atoms with van der Waals surface area (Å²) in [6.45, 7) is 0.307. The number of nitrogens with one attached hydrogen (secondary N) is 2. The Hall–Kier alpha value is -2.74. The highest BCUT2D eigenvalue weighted by molar-refractivity contribution is 7.71. The van der Waals surface area contributed by atoms with Crippen LogP contribution in [0.5, 0.6) is 5.75 Å². The normalized spacial score (nSPS) is 10.8. The summed E-state index contributed by atoms with van der Waals surface area (Å²) >= 11 is 4.99. The summed E-state index contributed by atoms with van der Waals surface area (Å²) in [5.74, 6) is -1.29. The van der Waals surface area contributed by atoms with E-state index in [0.717, 1.165) is 6.07 Å². The molecule has 3 rings (SSSR count). The van der Waals surface area contributed by atoms with E-state index in [0.29, 0.717) is 15.8 Å². The SMILES string of the molecule is CN(CCOc1ccccc1F)C(=O)c1cc(F)cc2[nH]c(=S)[nH]c12. The number of H-pyrrole nitrogens is 2. The van der Waals surface area contributed by atoms with Gasteiger partial charge < -0.3 is 19.6 Å². The van der Waals surface area contributed by atoms with Gasteiger partial charge in [0.1, 0.15) is 12.4 Å². The van der Waals surface area contributed by atoms with Crippen molar-refractivity contribution in [3.63, 3.8) is 0 Å². The molecule has 0 saturated heterocycles. The first-order valence-corrected chi connectivity index (χ1v) is 7.91. The van der Waals surface area contributed by atoms with Crippen LogP contribution in [0.15, 0.2) is 36.4 Å². The number of para-hydroxylation sites is 1. The van der Waals surface area contributed by atoms with Crippen LogP contribution in [0.25, 0.3) is 11.0 Å². The Morgan fingerprint density at radius 1 is 1.24 bits per heavy atom. The van der Waals surface area contributed by atoms with Crippen molar-refractivity contribution >= 4 is 29.2 Å². The van der Waals surface area contributed by atoms with Gasteiger partial charge in [0.2, 0.25) is 0 Å². The second kappa shape index (κ2) is 7.02. The van der Waals surface area contributed by atoms with Crippen LogP contribution >= 0.6 is 12.2 Å². The van der Waals surface area contributed by atoms with Crippen LogP contribution in [0.3, 0.4) is 0 Å². The second-order valence-electron chi connectivity index (χ2n) is 5.46. The van der Waals surface area contributed by atoms with Gasteiger partial charge in [0.15, 0.2) is 16.3 Å². The summed E-state index contributed by atoms with van der Waals surface area (Å²) in [5.41, 5.74) is 1.03. The lowest BCUT2D eigenvalue weighted by atomic mass is 10.1. The standard InChI is InChI=1S/C17H15F2N3O2S/c1-22(6-7-24-14-5-3-2-4-12(14)19)16(23)11-8-10(18)9-13-15(11)21-17(25)20-13/h2-5,8-9H,6-7H2,1H3,(H2,20,21,25). The Balaban J connectivity index is 1.72. The highest BCUT2D eigenvalue weighted by Gasteiger charge is 2.18. The van der Waals surface area contributed by atoms with Crippen molar-refractivity contribution in [1.29, 1.82) is 0 Å². The van der Waals surface area contributed by atoms with Crippen LogP contribution in [-0.2, 0) is 0 Å². The van der Waals surface area contributed by atoms with Crippen LogP contribution in [0, 0.1) is 16.4 Å². The van der Waals surface area contributed by atoms with Crippen molar-refractivity contribution in [3.8, 4) is 5.75 Å². The molecule has 2 aromatic carbocycles. The summed E-state index contributed by atoms with van der Waals surface area (Å²) in [6, 6.07) is 8.44. The molecule has 0 bridgehead atoms. The van der Waals surface area contributed by atoms with Gasteiger partial charge in [-0.1, -0.05) is 12.1 Å². The van der Waals surface area contributed by atoms with Gasteiger partial charge in [0.25, 0.3) is 5.91 Å². The largest absolute Gasteiger partial charge is 0.489 e. The zero-order valence-electron chi connectivity index (χ0n) is 13.3. The minimum absolute atomic E-state index is 0.102. The van der Waals surface area contributed by atoms with E-state index in [4.69, 9.17) is 17.0 Å². The fourth-order valence-corrected chi connectivity index (χ4v) is 2.65. The van der Waals surface area contributed by atoms with Gasteiger partial charge in [-0.3, -0.25) is 4.79 Å². The minimum Gasteiger partial charge on any atom is -0.489 e. The maximum absolute atomic E-state index is 13.7. The molecule has 0 unspecified atom stereocenters. The monoisotopic (exact) mass is 363 g/mol. The van der Waals surface area contributed by atoms with E-state index >= 15 is 0 Å². The van der Waals surface area contributed by atoms with E-state index in [2.05, 4.69) is 9.97 Å². The molecule has 1 aromatic heterocycles. The van der Waals surface area contributed by atoms with E-state index in [1.165, 1.54) is 23.1 Å². The summed E-state index contributed by atoms with van der Waals surface area (Å²) in [4.78, 5) is 19.6. The van der Waals surface area contributed by atoms with Crippen LogP contribution in [0.4, 0.5) is 8.78 Å². The fraction of sp³-hybridized carbons (Fsp3) is 0.176. The molecule has 3 aromatic rings. The quantitative estimate of drug-likeness (QED) is 0.680. The number of likely N-dealkylation sites (N-methyl/N-ethyl adjacent to an activating group) is 1. The molecule has 0 radical (unpaired) electrons. The first-order valence-electron chi connectivity index (χ1n) is 7.50. The van der Waals surface area contributed by atoms with Crippen molar-refractivity contribution in [2.45, 2.75) is 0 Å². The average molecular weight is 363 g/mol. The van der Waals surface area contributed by atoms with Gasteiger partial charge in [-0.15, -0.1) is 0 Å². The molecule has 2 N–H and O–H groups in total. The van der Waals surface area contributed by atoms with Crippen LogP contribution in [0.1, 0.15) is 10.4 Å². The van der Waals surface area contributed by atoms with E-state index in [9.17, 15) is 13.6 Å². The highest BCUT2D eigenvalue weighted by atomic mass is 32.1. The number of hydrogen-bond donors (Lipinski definition) is 2. The number of halogens is 2. The maximum atomic E-state index is 13.7. The molecular weight excluding hydrogens is 348 g/mol. The molecule has 130 valence electrons. The molecule has 0 fully saturated rings. The molecule has 0 aliphatic rings. The number of nitrogens with zero attached hydrogens (tertiary/aromatic N) is 1. The van der Waals surface area contributed by atoms with E-state index in [-0.39, 0.29) is 24.5 Å². The highest BCUT2D eigenvalue weighted by Crippen LogP contribution is 2.19. The van der Waals surface area contributed by atoms with Gasteiger partial charge in [-0.2, -0.15) is 0 Å². The maximum Gasteiger partial charge on any atom is 0.256 e. The Morgan fingerprint density at radius 3 is 2.76 bits per heavy atom. The van der Waals surface area contributed by atoms with Gasteiger partial charge in [-0.25, -0.2) is 8.78 Å². The summed E-state index contributed by atoms with van der Waals surface area (Å²) < 4.78 is 32.9. The number of carbonyl (C=O) groups is 1. The van der Waals surface area contributed by atoms with Crippen LogP contribution < -0.4 is 4.74 Å². The number of carbonyl (C=O) groups excluding carboxylic acids is 1. The minimum atomic E-state index is -0.544. The molecule has 0 saturated carbocycles. The second-order valence-corrected chi connectivity index (χ2v) is 5.87. The van der Waals surface area contributed by atoms with E-state index < -0.39 is 17.5 Å². The van der Waals surface area contributed by atoms with E-state index in [1.807, 2.05) is 0 Å². The zero-order valence-corrected chi connectivity index (χ0v) is 14.1. The first-order chi connectivity index (χ1) is 12.0. The number of aromatic amines is 2. The fourth-order valence-electron chi connectivity index (χ4n) is 2.44. The average Bonchev–Trinajstić information content (AvgIpc) is 2.95. The molecule has 25 heavy (non-hydrogen) atoms. The molecule has 1 heterocycles. The third-order valence-corrected chi connectivity index (χ3v) is 3.89.